The molecule has 3 atom stereocenters. The molecular formula is C11H23NO3S. The van der Waals surface area contributed by atoms with Crippen molar-refractivity contribution in [3.05, 3.63) is 0 Å². The second-order valence-electron chi connectivity index (χ2n) is 4.99. The molecule has 0 aromatic carbocycles. The van der Waals surface area contributed by atoms with Gasteiger partial charge in [-0.15, -0.1) is 0 Å². The van der Waals surface area contributed by atoms with Gasteiger partial charge >= 0.3 is 0 Å². The zero-order chi connectivity index (χ0) is 12.2. The van der Waals surface area contributed by atoms with Crippen molar-refractivity contribution >= 4 is 9.84 Å². The molecule has 1 aliphatic rings. The molecule has 0 amide bonds. The third-order valence-electron chi connectivity index (χ3n) is 3.19. The van der Waals surface area contributed by atoms with Gasteiger partial charge in [0, 0.05) is 24.9 Å². The molecule has 1 fully saturated rings. The molecule has 1 aliphatic carbocycles. The smallest absolute Gasteiger partial charge is 0.148 e. The molecule has 0 spiro atoms. The van der Waals surface area contributed by atoms with Crippen LogP contribution in [0.3, 0.4) is 0 Å². The van der Waals surface area contributed by atoms with Crippen LogP contribution in [0, 0.1) is 5.92 Å². The average Bonchev–Trinajstić information content (AvgIpc) is 2.15. The summed E-state index contributed by atoms with van der Waals surface area (Å²) >= 11 is 0. The molecule has 0 aromatic rings. The lowest BCUT2D eigenvalue weighted by atomic mass is 9.85. The number of aliphatic hydroxyl groups excluding tert-OH is 1. The predicted octanol–water partition coefficient (Wildman–Crippen LogP) is 0.560. The third-order valence-corrected chi connectivity index (χ3v) is 4.30. The van der Waals surface area contributed by atoms with Gasteiger partial charge in [0.1, 0.15) is 9.84 Å². The Bertz CT molecular complexity index is 302. The Balaban J connectivity index is 2.45. The highest BCUT2D eigenvalue weighted by Crippen LogP contribution is 2.24. The maximum Gasteiger partial charge on any atom is 0.148 e. The summed E-state index contributed by atoms with van der Waals surface area (Å²) < 4.78 is 22.3. The van der Waals surface area contributed by atoms with Crippen LogP contribution >= 0.6 is 0 Å². The first-order valence-electron chi connectivity index (χ1n) is 5.97. The molecule has 5 heteroatoms. The Morgan fingerprint density at radius 1 is 1.38 bits per heavy atom. The van der Waals surface area contributed by atoms with E-state index >= 15 is 0 Å². The summed E-state index contributed by atoms with van der Waals surface area (Å²) in [4.78, 5) is 0. The highest BCUT2D eigenvalue weighted by Gasteiger charge is 2.26. The van der Waals surface area contributed by atoms with E-state index in [0.29, 0.717) is 0 Å². The second-order valence-corrected chi connectivity index (χ2v) is 7.18. The number of nitrogens with one attached hydrogen (secondary N) is 1. The highest BCUT2D eigenvalue weighted by atomic mass is 32.2. The molecule has 2 N–H and O–H groups in total. The fraction of sp³-hybridized carbons (Fsp3) is 1.00. The Labute approximate surface area is 98.4 Å². The van der Waals surface area contributed by atoms with Crippen molar-refractivity contribution in [2.75, 3.05) is 18.6 Å². The normalized spacial score (nSPS) is 28.9. The molecule has 0 aromatic heterocycles. The lowest BCUT2D eigenvalue weighted by molar-refractivity contribution is 0.149. The first kappa shape index (κ1) is 13.9. The zero-order valence-corrected chi connectivity index (χ0v) is 11.0. The van der Waals surface area contributed by atoms with E-state index < -0.39 is 9.84 Å². The lowest BCUT2D eigenvalue weighted by Crippen LogP contribution is -2.46. The van der Waals surface area contributed by atoms with E-state index in [1.165, 1.54) is 19.1 Å². The number of aliphatic hydroxyl groups is 1. The van der Waals surface area contributed by atoms with E-state index in [4.69, 9.17) is 0 Å². The number of hydrogen-bond acceptors (Lipinski definition) is 4. The van der Waals surface area contributed by atoms with Crippen molar-refractivity contribution in [2.45, 2.75) is 44.7 Å². The minimum atomic E-state index is -2.92. The third kappa shape index (κ3) is 4.80. The topological polar surface area (TPSA) is 66.4 Å². The SMILES string of the molecule is CC(CS(C)(=O)=O)NC1CCCCC1CO. The molecule has 1 rings (SSSR count). The van der Waals surface area contributed by atoms with Crippen LogP contribution < -0.4 is 5.32 Å². The summed E-state index contributed by atoms with van der Waals surface area (Å²) in [7, 11) is -2.92. The number of hydrogen-bond donors (Lipinski definition) is 2. The van der Waals surface area contributed by atoms with Crippen molar-refractivity contribution in [1.29, 1.82) is 0 Å². The number of sulfone groups is 1. The van der Waals surface area contributed by atoms with Crippen LogP contribution in [0.4, 0.5) is 0 Å². The van der Waals surface area contributed by atoms with Crippen LogP contribution in [0.2, 0.25) is 0 Å². The van der Waals surface area contributed by atoms with Crippen LogP contribution in [0.5, 0.6) is 0 Å². The monoisotopic (exact) mass is 249 g/mol. The van der Waals surface area contributed by atoms with Crippen molar-refractivity contribution in [3.8, 4) is 0 Å². The van der Waals surface area contributed by atoms with Gasteiger partial charge in [0.2, 0.25) is 0 Å². The molecule has 0 bridgehead atoms. The van der Waals surface area contributed by atoms with Gasteiger partial charge in [-0.1, -0.05) is 12.8 Å². The average molecular weight is 249 g/mol. The molecule has 96 valence electrons. The molecule has 0 saturated heterocycles. The Kier molecular flexibility index (Phi) is 5.21. The van der Waals surface area contributed by atoms with Gasteiger partial charge in [-0.3, -0.25) is 0 Å². The van der Waals surface area contributed by atoms with Gasteiger partial charge in [0.15, 0.2) is 0 Å². The minimum absolute atomic E-state index is 0.0350. The van der Waals surface area contributed by atoms with Crippen LogP contribution in [-0.2, 0) is 9.84 Å². The van der Waals surface area contributed by atoms with E-state index in [1.807, 2.05) is 6.92 Å². The standard InChI is InChI=1S/C11H23NO3S/c1-9(8-16(2,14)15)12-11-6-4-3-5-10(11)7-13/h9-13H,3-8H2,1-2H3. The van der Waals surface area contributed by atoms with Crippen molar-refractivity contribution in [2.24, 2.45) is 5.92 Å². The molecule has 3 unspecified atom stereocenters. The minimum Gasteiger partial charge on any atom is -0.396 e. The predicted molar refractivity (Wildman–Crippen MR) is 65.1 cm³/mol. The maximum atomic E-state index is 11.1. The molecule has 0 radical (unpaired) electrons. The van der Waals surface area contributed by atoms with Gasteiger partial charge in [-0.2, -0.15) is 0 Å². The molecule has 1 saturated carbocycles. The van der Waals surface area contributed by atoms with Crippen molar-refractivity contribution in [3.63, 3.8) is 0 Å². The van der Waals surface area contributed by atoms with Crippen LogP contribution in [0.1, 0.15) is 32.6 Å². The largest absolute Gasteiger partial charge is 0.396 e. The van der Waals surface area contributed by atoms with Gasteiger partial charge in [0.05, 0.1) is 5.75 Å². The molecule has 4 nitrogen and oxygen atoms in total. The summed E-state index contributed by atoms with van der Waals surface area (Å²) in [5, 5.41) is 12.6. The summed E-state index contributed by atoms with van der Waals surface area (Å²) in [6, 6.07) is 0.239. The van der Waals surface area contributed by atoms with Crippen LogP contribution in [0.25, 0.3) is 0 Å². The molecule has 16 heavy (non-hydrogen) atoms. The van der Waals surface area contributed by atoms with Gasteiger partial charge in [-0.05, 0) is 25.7 Å². The van der Waals surface area contributed by atoms with E-state index in [0.717, 1.165) is 12.8 Å². The van der Waals surface area contributed by atoms with Gasteiger partial charge in [-0.25, -0.2) is 8.42 Å². The summed E-state index contributed by atoms with van der Waals surface area (Å²) in [5.41, 5.74) is 0. The zero-order valence-electron chi connectivity index (χ0n) is 10.1. The van der Waals surface area contributed by atoms with E-state index in [-0.39, 0.29) is 30.4 Å². The fourth-order valence-electron chi connectivity index (χ4n) is 2.51. The van der Waals surface area contributed by atoms with E-state index in [2.05, 4.69) is 5.32 Å². The van der Waals surface area contributed by atoms with Crippen LogP contribution in [0.15, 0.2) is 0 Å². The van der Waals surface area contributed by atoms with Crippen molar-refractivity contribution in [1.82, 2.24) is 5.32 Å². The van der Waals surface area contributed by atoms with Crippen LogP contribution in [-0.4, -0.2) is 44.2 Å². The Hall–Kier alpha value is -0.130. The summed E-state index contributed by atoms with van der Waals surface area (Å²) in [5.74, 6) is 0.456. The molecule has 0 heterocycles. The Morgan fingerprint density at radius 3 is 2.56 bits per heavy atom. The van der Waals surface area contributed by atoms with Gasteiger partial charge in [0.25, 0.3) is 0 Å². The first-order valence-corrected chi connectivity index (χ1v) is 8.03. The van der Waals surface area contributed by atoms with E-state index in [1.54, 1.807) is 0 Å². The Morgan fingerprint density at radius 2 is 2.00 bits per heavy atom. The molecule has 0 aliphatic heterocycles. The first-order chi connectivity index (χ1) is 7.42. The van der Waals surface area contributed by atoms with E-state index in [9.17, 15) is 13.5 Å². The molecular weight excluding hydrogens is 226 g/mol. The number of rotatable bonds is 5. The lowest BCUT2D eigenvalue weighted by Gasteiger charge is -2.33. The maximum absolute atomic E-state index is 11.1. The van der Waals surface area contributed by atoms with Gasteiger partial charge < -0.3 is 10.4 Å². The van der Waals surface area contributed by atoms with Crippen molar-refractivity contribution < 1.29 is 13.5 Å². The summed E-state index contributed by atoms with van der Waals surface area (Å²) in [6.07, 6.45) is 5.68. The highest BCUT2D eigenvalue weighted by molar-refractivity contribution is 7.90. The quantitative estimate of drug-likeness (QED) is 0.747. The second kappa shape index (κ2) is 5.98. The fourth-order valence-corrected chi connectivity index (χ4v) is 3.52. The summed E-state index contributed by atoms with van der Waals surface area (Å²) in [6.45, 7) is 2.09.